The lowest BCUT2D eigenvalue weighted by atomic mass is 10.1. The zero-order chi connectivity index (χ0) is 18.5. The maximum atomic E-state index is 9.41. The summed E-state index contributed by atoms with van der Waals surface area (Å²) in [5, 5.41) is 21.8. The highest BCUT2D eigenvalue weighted by Gasteiger charge is 2.18. The largest absolute Gasteiger partial charge is 0.494 e. The molecule has 3 aromatic rings. The molecule has 7 heteroatoms. The predicted octanol–water partition coefficient (Wildman–Crippen LogP) is 2.86. The minimum atomic E-state index is -0.00688. The van der Waals surface area contributed by atoms with E-state index in [2.05, 4.69) is 15.3 Å². The van der Waals surface area contributed by atoms with Crippen molar-refractivity contribution < 1.29 is 14.9 Å². The summed E-state index contributed by atoms with van der Waals surface area (Å²) in [6, 6.07) is 7.96. The molecule has 0 unspecified atom stereocenters. The van der Waals surface area contributed by atoms with Gasteiger partial charge in [0.05, 0.1) is 25.2 Å². The molecule has 0 spiro atoms. The number of hydrogen-bond acceptors (Lipinski definition) is 7. The van der Waals surface area contributed by atoms with Crippen LogP contribution in [0.1, 0.15) is 12.7 Å². The van der Waals surface area contributed by atoms with Gasteiger partial charge in [0.15, 0.2) is 0 Å². The summed E-state index contributed by atoms with van der Waals surface area (Å²) in [7, 11) is 0. The zero-order valence-corrected chi connectivity index (χ0v) is 15.8. The Hall–Kier alpha value is -2.22. The zero-order valence-electron chi connectivity index (χ0n) is 15.0. The Morgan fingerprint density at radius 3 is 2.38 bits per heavy atom. The number of rotatable bonds is 8. The van der Waals surface area contributed by atoms with E-state index in [0.717, 1.165) is 32.9 Å². The Morgan fingerprint density at radius 1 is 1.08 bits per heavy atom. The Bertz CT molecular complexity index is 858. The van der Waals surface area contributed by atoms with Gasteiger partial charge in [-0.1, -0.05) is 12.1 Å². The molecule has 2 heterocycles. The molecule has 0 aliphatic rings. The summed E-state index contributed by atoms with van der Waals surface area (Å²) in [4.78, 5) is 12.0. The number of benzene rings is 1. The van der Waals surface area contributed by atoms with Crippen LogP contribution in [0.5, 0.6) is 5.75 Å². The minimum Gasteiger partial charge on any atom is -0.494 e. The van der Waals surface area contributed by atoms with Crippen LogP contribution in [0, 0.1) is 6.92 Å². The highest BCUT2D eigenvalue weighted by atomic mass is 32.1. The maximum Gasteiger partial charge on any atom is 0.141 e. The van der Waals surface area contributed by atoms with Gasteiger partial charge in [-0.3, -0.25) is 0 Å². The average Bonchev–Trinajstić information content (AvgIpc) is 3.05. The van der Waals surface area contributed by atoms with Crippen LogP contribution < -0.4 is 9.64 Å². The van der Waals surface area contributed by atoms with Crippen LogP contribution in [0.2, 0.25) is 0 Å². The monoisotopic (exact) mass is 373 g/mol. The lowest BCUT2D eigenvalue weighted by molar-refractivity contribution is 0.281. The molecule has 0 radical (unpaired) electrons. The van der Waals surface area contributed by atoms with E-state index in [0.29, 0.717) is 25.5 Å². The molecular weight excluding hydrogens is 350 g/mol. The SMILES string of the molecule is CCOc1ccc(-c2csc3nc(C)nc(N(CCO)CCO)c23)cc1. The van der Waals surface area contributed by atoms with Gasteiger partial charge >= 0.3 is 0 Å². The molecule has 0 atom stereocenters. The molecule has 0 aliphatic carbocycles. The van der Waals surface area contributed by atoms with E-state index in [4.69, 9.17) is 4.74 Å². The second-order valence-corrected chi connectivity index (χ2v) is 6.67. The van der Waals surface area contributed by atoms with Crippen molar-refractivity contribution in [1.29, 1.82) is 0 Å². The van der Waals surface area contributed by atoms with E-state index in [-0.39, 0.29) is 13.2 Å². The molecule has 0 saturated carbocycles. The van der Waals surface area contributed by atoms with E-state index in [1.807, 2.05) is 43.0 Å². The summed E-state index contributed by atoms with van der Waals surface area (Å²) in [5.41, 5.74) is 2.10. The number of ether oxygens (including phenoxy) is 1. The molecule has 6 nitrogen and oxygen atoms in total. The molecular formula is C19H23N3O3S. The van der Waals surface area contributed by atoms with Gasteiger partial charge in [0, 0.05) is 24.0 Å². The van der Waals surface area contributed by atoms with Crippen LogP contribution in [-0.2, 0) is 0 Å². The number of anilines is 1. The first-order valence-corrected chi connectivity index (χ1v) is 9.51. The number of nitrogens with zero attached hydrogens (tertiary/aromatic N) is 3. The van der Waals surface area contributed by atoms with Gasteiger partial charge in [-0.15, -0.1) is 11.3 Å². The van der Waals surface area contributed by atoms with Gasteiger partial charge in [0.1, 0.15) is 22.2 Å². The lowest BCUT2D eigenvalue weighted by Gasteiger charge is -2.23. The van der Waals surface area contributed by atoms with Crippen molar-refractivity contribution in [3.63, 3.8) is 0 Å². The van der Waals surface area contributed by atoms with Gasteiger partial charge < -0.3 is 19.8 Å². The van der Waals surface area contributed by atoms with Crippen LogP contribution in [-0.4, -0.2) is 53.1 Å². The molecule has 2 aromatic heterocycles. The molecule has 0 saturated heterocycles. The Labute approximate surface area is 156 Å². The Morgan fingerprint density at radius 2 is 1.77 bits per heavy atom. The second-order valence-electron chi connectivity index (χ2n) is 5.82. The van der Waals surface area contributed by atoms with Crippen molar-refractivity contribution in [3.8, 4) is 16.9 Å². The van der Waals surface area contributed by atoms with Crippen LogP contribution in [0.4, 0.5) is 5.82 Å². The highest BCUT2D eigenvalue weighted by Crippen LogP contribution is 2.38. The van der Waals surface area contributed by atoms with E-state index in [1.54, 1.807) is 11.3 Å². The maximum absolute atomic E-state index is 9.41. The molecule has 138 valence electrons. The lowest BCUT2D eigenvalue weighted by Crippen LogP contribution is -2.30. The van der Waals surface area contributed by atoms with E-state index >= 15 is 0 Å². The molecule has 0 bridgehead atoms. The fourth-order valence-electron chi connectivity index (χ4n) is 2.93. The summed E-state index contributed by atoms with van der Waals surface area (Å²) in [6.45, 7) is 5.25. The number of fused-ring (bicyclic) bond motifs is 1. The number of aliphatic hydroxyl groups is 2. The van der Waals surface area contributed by atoms with Crippen molar-refractivity contribution in [1.82, 2.24) is 9.97 Å². The molecule has 0 amide bonds. The predicted molar refractivity (Wildman–Crippen MR) is 105 cm³/mol. The molecule has 1 aromatic carbocycles. The number of aromatic nitrogens is 2. The highest BCUT2D eigenvalue weighted by molar-refractivity contribution is 7.17. The van der Waals surface area contributed by atoms with Crippen molar-refractivity contribution in [3.05, 3.63) is 35.5 Å². The van der Waals surface area contributed by atoms with Gasteiger partial charge in [-0.2, -0.15) is 0 Å². The first-order chi connectivity index (χ1) is 12.7. The van der Waals surface area contributed by atoms with Gasteiger partial charge in [-0.05, 0) is 31.5 Å². The van der Waals surface area contributed by atoms with Gasteiger partial charge in [0.2, 0.25) is 0 Å². The number of aryl methyl sites for hydroxylation is 1. The third-order valence-corrected chi connectivity index (χ3v) is 4.91. The first-order valence-electron chi connectivity index (χ1n) is 8.63. The summed E-state index contributed by atoms with van der Waals surface area (Å²) < 4.78 is 5.52. The fraction of sp³-hybridized carbons (Fsp3) is 0.368. The summed E-state index contributed by atoms with van der Waals surface area (Å²) in [5.74, 6) is 2.26. The molecule has 0 aliphatic heterocycles. The van der Waals surface area contributed by atoms with Crippen molar-refractivity contribution >= 4 is 27.4 Å². The van der Waals surface area contributed by atoms with E-state index < -0.39 is 0 Å². The van der Waals surface area contributed by atoms with Crippen molar-refractivity contribution in [2.45, 2.75) is 13.8 Å². The second kappa shape index (κ2) is 8.44. The van der Waals surface area contributed by atoms with Crippen molar-refractivity contribution in [2.24, 2.45) is 0 Å². The summed E-state index contributed by atoms with van der Waals surface area (Å²) in [6.07, 6.45) is 0. The average molecular weight is 373 g/mol. The smallest absolute Gasteiger partial charge is 0.141 e. The standard InChI is InChI=1S/C19H23N3O3S/c1-3-25-15-6-4-14(5-7-15)16-12-26-19-17(16)18(20-13(2)21-19)22(8-10-23)9-11-24/h4-7,12,23-24H,3,8-11H2,1-2H3. The molecule has 26 heavy (non-hydrogen) atoms. The minimum absolute atomic E-state index is 0.00688. The van der Waals surface area contributed by atoms with E-state index in [9.17, 15) is 10.2 Å². The van der Waals surface area contributed by atoms with Crippen LogP contribution in [0.3, 0.4) is 0 Å². The normalized spacial score (nSPS) is 11.1. The Kier molecular flexibility index (Phi) is 6.03. The van der Waals surface area contributed by atoms with Crippen LogP contribution in [0.15, 0.2) is 29.6 Å². The third kappa shape index (κ3) is 3.80. The van der Waals surface area contributed by atoms with Crippen LogP contribution in [0.25, 0.3) is 21.3 Å². The van der Waals surface area contributed by atoms with E-state index in [1.165, 1.54) is 0 Å². The molecule has 0 fully saturated rings. The van der Waals surface area contributed by atoms with Crippen molar-refractivity contribution in [2.75, 3.05) is 37.8 Å². The molecule has 3 rings (SSSR count). The van der Waals surface area contributed by atoms with Gasteiger partial charge in [-0.25, -0.2) is 9.97 Å². The number of hydrogen-bond donors (Lipinski definition) is 2. The number of aliphatic hydroxyl groups excluding tert-OH is 2. The quantitative estimate of drug-likeness (QED) is 0.632. The first kappa shape index (κ1) is 18.6. The van der Waals surface area contributed by atoms with Crippen LogP contribution >= 0.6 is 11.3 Å². The third-order valence-electron chi connectivity index (χ3n) is 4.04. The topological polar surface area (TPSA) is 78.7 Å². The fourth-order valence-corrected chi connectivity index (χ4v) is 3.92. The van der Waals surface area contributed by atoms with Gasteiger partial charge in [0.25, 0.3) is 0 Å². The Balaban J connectivity index is 2.12. The molecule has 2 N–H and O–H groups in total. The summed E-state index contributed by atoms with van der Waals surface area (Å²) >= 11 is 1.57. The number of thiophene rings is 1.